The Labute approximate surface area is 204 Å². The lowest BCUT2D eigenvalue weighted by Gasteiger charge is -2.28. The third-order valence-electron chi connectivity index (χ3n) is 5.94. The van der Waals surface area contributed by atoms with E-state index in [1.807, 2.05) is 19.1 Å². The van der Waals surface area contributed by atoms with Gasteiger partial charge in [0.25, 0.3) is 0 Å². The number of hydrogen-bond donors (Lipinski definition) is 2. The van der Waals surface area contributed by atoms with E-state index in [4.69, 9.17) is 9.47 Å². The van der Waals surface area contributed by atoms with Crippen molar-refractivity contribution in [1.82, 2.24) is 5.32 Å². The Hall–Kier alpha value is -2.43. The Balaban J connectivity index is 1.45. The molecule has 0 bridgehead atoms. The predicted octanol–water partition coefficient (Wildman–Crippen LogP) is 4.61. The molecular formula is C23H26BrN3O5S. The first-order valence-electron chi connectivity index (χ1n) is 10.9. The van der Waals surface area contributed by atoms with Crippen molar-refractivity contribution in [3.05, 3.63) is 39.7 Å². The average Bonchev–Trinajstić information content (AvgIpc) is 3.35. The lowest BCUT2D eigenvalue weighted by atomic mass is 9.96. The molecule has 1 aliphatic carbocycles. The number of benzene rings is 1. The van der Waals surface area contributed by atoms with E-state index in [-0.39, 0.29) is 11.8 Å². The summed E-state index contributed by atoms with van der Waals surface area (Å²) in [6.45, 7) is 3.34. The second-order valence-electron chi connectivity index (χ2n) is 8.23. The molecule has 1 aliphatic heterocycles. The minimum atomic E-state index is -1.02. The zero-order chi connectivity index (χ0) is 23.4. The molecule has 10 heteroatoms. The van der Waals surface area contributed by atoms with E-state index in [0.717, 1.165) is 27.9 Å². The van der Waals surface area contributed by atoms with Crippen molar-refractivity contribution < 1.29 is 23.9 Å². The van der Waals surface area contributed by atoms with Crippen molar-refractivity contribution in [2.75, 3.05) is 30.0 Å². The van der Waals surface area contributed by atoms with Crippen LogP contribution in [0, 0.1) is 6.92 Å². The van der Waals surface area contributed by atoms with Gasteiger partial charge in [-0.3, -0.25) is 9.59 Å². The van der Waals surface area contributed by atoms with E-state index < -0.39 is 11.6 Å². The molecule has 1 saturated heterocycles. The quantitative estimate of drug-likeness (QED) is 0.582. The van der Waals surface area contributed by atoms with Crippen molar-refractivity contribution in [3.8, 4) is 5.06 Å². The monoisotopic (exact) mass is 535 g/mol. The fourth-order valence-electron chi connectivity index (χ4n) is 4.27. The van der Waals surface area contributed by atoms with Crippen LogP contribution >= 0.6 is 27.3 Å². The van der Waals surface area contributed by atoms with E-state index in [2.05, 4.69) is 26.6 Å². The Morgan fingerprint density at radius 2 is 1.97 bits per heavy atom. The maximum absolute atomic E-state index is 13.3. The van der Waals surface area contributed by atoms with Crippen LogP contribution in [0.15, 0.2) is 34.1 Å². The first-order chi connectivity index (χ1) is 15.9. The number of nitrogens with zero attached hydrogens (tertiary/aromatic N) is 1. The third kappa shape index (κ3) is 5.56. The summed E-state index contributed by atoms with van der Waals surface area (Å²) < 4.78 is 11.6. The highest BCUT2D eigenvalue weighted by molar-refractivity contribution is 9.11. The number of nitrogens with one attached hydrogen (secondary N) is 2. The van der Waals surface area contributed by atoms with Crippen LogP contribution in [0.4, 0.5) is 16.2 Å². The maximum Gasteiger partial charge on any atom is 0.414 e. The largest absolute Gasteiger partial charge is 0.414 e. The molecule has 0 spiro atoms. The van der Waals surface area contributed by atoms with Crippen LogP contribution < -0.4 is 20.3 Å². The minimum Gasteiger partial charge on any atom is -0.399 e. The number of ether oxygens (including phenoxy) is 2. The highest BCUT2D eigenvalue weighted by atomic mass is 79.9. The van der Waals surface area contributed by atoms with E-state index in [9.17, 15) is 14.4 Å². The fourth-order valence-corrected chi connectivity index (χ4v) is 5.46. The van der Waals surface area contributed by atoms with Crippen LogP contribution in [0.2, 0.25) is 0 Å². The zero-order valence-corrected chi connectivity index (χ0v) is 20.7. The van der Waals surface area contributed by atoms with Gasteiger partial charge in [-0.25, -0.2) is 4.79 Å². The van der Waals surface area contributed by atoms with Crippen LogP contribution in [0.3, 0.4) is 0 Å². The standard InChI is InChI=1S/C23H26BrN3O5S/c1-15-14-16(4-5-17(15)27-11-13-31-12-8-19(27)28)25-21(29)23(9-2-3-10-23)26-22(30)32-20-7-6-18(24)33-20/h4-7,14H,2-3,8-13H2,1H3,(H,25,29)(H,26,30). The van der Waals surface area contributed by atoms with Crippen molar-refractivity contribution >= 4 is 56.5 Å². The molecule has 8 nitrogen and oxygen atoms in total. The zero-order valence-electron chi connectivity index (χ0n) is 18.3. The van der Waals surface area contributed by atoms with Crippen LogP contribution in [-0.2, 0) is 14.3 Å². The van der Waals surface area contributed by atoms with Crippen LogP contribution in [0.1, 0.15) is 37.7 Å². The van der Waals surface area contributed by atoms with E-state index in [1.165, 1.54) is 11.3 Å². The second-order valence-corrected chi connectivity index (χ2v) is 10.7. The molecule has 1 aromatic carbocycles. The van der Waals surface area contributed by atoms with Gasteiger partial charge in [0.15, 0.2) is 5.06 Å². The fraction of sp³-hybridized carbons (Fsp3) is 0.435. The van der Waals surface area contributed by atoms with Gasteiger partial charge in [0.1, 0.15) is 5.54 Å². The number of rotatable bonds is 5. The molecule has 2 aromatic rings. The molecule has 1 saturated carbocycles. The smallest absolute Gasteiger partial charge is 0.399 e. The van der Waals surface area contributed by atoms with Crippen molar-refractivity contribution in [2.24, 2.45) is 0 Å². The van der Waals surface area contributed by atoms with Gasteiger partial charge in [0.2, 0.25) is 11.8 Å². The summed E-state index contributed by atoms with van der Waals surface area (Å²) in [6, 6.07) is 8.95. The number of hydrogen-bond acceptors (Lipinski definition) is 6. The molecule has 2 N–H and O–H groups in total. The van der Waals surface area contributed by atoms with Crippen molar-refractivity contribution in [3.63, 3.8) is 0 Å². The second kappa shape index (κ2) is 10.2. The van der Waals surface area contributed by atoms with Gasteiger partial charge in [0.05, 0.1) is 23.4 Å². The molecule has 2 aliphatic rings. The van der Waals surface area contributed by atoms with E-state index >= 15 is 0 Å². The van der Waals surface area contributed by atoms with Gasteiger partial charge in [-0.15, -0.1) is 0 Å². The summed E-state index contributed by atoms with van der Waals surface area (Å²) in [6.07, 6.45) is 2.48. The van der Waals surface area contributed by atoms with E-state index in [1.54, 1.807) is 23.1 Å². The van der Waals surface area contributed by atoms with Crippen LogP contribution in [0.5, 0.6) is 5.06 Å². The predicted molar refractivity (Wildman–Crippen MR) is 130 cm³/mol. The summed E-state index contributed by atoms with van der Waals surface area (Å²) in [5.41, 5.74) is 1.28. The molecule has 0 unspecified atom stereocenters. The Bertz CT molecular complexity index is 1050. The van der Waals surface area contributed by atoms with Crippen LogP contribution in [-0.4, -0.2) is 43.2 Å². The number of carbonyl (C=O) groups is 3. The van der Waals surface area contributed by atoms with Gasteiger partial charge < -0.3 is 25.0 Å². The summed E-state index contributed by atoms with van der Waals surface area (Å²) in [5.74, 6) is -0.242. The average molecular weight is 536 g/mol. The molecule has 2 heterocycles. The summed E-state index contributed by atoms with van der Waals surface area (Å²) >= 11 is 4.64. The number of amides is 3. The lowest BCUT2D eigenvalue weighted by molar-refractivity contribution is -0.122. The van der Waals surface area contributed by atoms with Crippen molar-refractivity contribution in [1.29, 1.82) is 0 Å². The summed E-state index contributed by atoms with van der Waals surface area (Å²) in [4.78, 5) is 39.9. The normalized spacial score (nSPS) is 18.0. The van der Waals surface area contributed by atoms with Gasteiger partial charge in [-0.05, 0) is 71.6 Å². The van der Waals surface area contributed by atoms with E-state index in [0.29, 0.717) is 49.8 Å². The number of aryl methyl sites for hydroxylation is 1. The minimum absolute atomic E-state index is 0.0257. The molecule has 4 rings (SSSR count). The molecule has 1 aromatic heterocycles. The highest BCUT2D eigenvalue weighted by Gasteiger charge is 2.43. The topological polar surface area (TPSA) is 97.0 Å². The lowest BCUT2D eigenvalue weighted by Crippen LogP contribution is -2.55. The number of halogens is 1. The molecule has 2 fully saturated rings. The molecule has 176 valence electrons. The number of thiophene rings is 1. The Kier molecular flexibility index (Phi) is 7.35. The molecule has 3 amide bonds. The van der Waals surface area contributed by atoms with Gasteiger partial charge >= 0.3 is 6.09 Å². The third-order valence-corrected chi connectivity index (χ3v) is 7.44. The van der Waals surface area contributed by atoms with Gasteiger partial charge in [0, 0.05) is 17.9 Å². The molecular weight excluding hydrogens is 510 g/mol. The number of anilines is 2. The maximum atomic E-state index is 13.3. The first-order valence-corrected chi connectivity index (χ1v) is 12.5. The van der Waals surface area contributed by atoms with Crippen molar-refractivity contribution in [2.45, 2.75) is 44.6 Å². The number of carbonyl (C=O) groups excluding carboxylic acids is 3. The molecule has 0 radical (unpaired) electrons. The molecule has 0 atom stereocenters. The summed E-state index contributed by atoms with van der Waals surface area (Å²) in [5, 5.41) is 6.21. The Morgan fingerprint density at radius 3 is 2.67 bits per heavy atom. The van der Waals surface area contributed by atoms with Gasteiger partial charge in [-0.2, -0.15) is 0 Å². The summed E-state index contributed by atoms with van der Waals surface area (Å²) in [7, 11) is 0. The first kappa shape index (κ1) is 23.7. The molecule has 33 heavy (non-hydrogen) atoms. The SMILES string of the molecule is Cc1cc(NC(=O)C2(NC(=O)Oc3ccc(Br)s3)CCCC2)ccc1N1CCOCCC1=O. The highest BCUT2D eigenvalue weighted by Crippen LogP contribution is 2.33. The van der Waals surface area contributed by atoms with Crippen LogP contribution in [0.25, 0.3) is 0 Å². The Morgan fingerprint density at radius 1 is 1.18 bits per heavy atom. The van der Waals surface area contributed by atoms with Gasteiger partial charge in [-0.1, -0.05) is 24.2 Å².